The Balaban J connectivity index is 3.21. The molecule has 0 aliphatic rings. The van der Waals surface area contributed by atoms with Crippen LogP contribution in [0.25, 0.3) is 0 Å². The molecule has 0 aromatic carbocycles. The average molecular weight is 224 g/mol. The first-order valence-electron chi connectivity index (χ1n) is 6.30. The second-order valence-corrected chi connectivity index (χ2v) is 4.01. The third-order valence-electron chi connectivity index (χ3n) is 2.40. The van der Waals surface area contributed by atoms with E-state index in [1.807, 2.05) is 12.2 Å². The number of aliphatic carboxylic acids is 1. The van der Waals surface area contributed by atoms with Crippen LogP contribution in [0.4, 0.5) is 0 Å². The molecular weight excluding hydrogens is 200 g/mol. The van der Waals surface area contributed by atoms with E-state index in [0.717, 1.165) is 6.42 Å². The van der Waals surface area contributed by atoms with Crippen molar-refractivity contribution in [2.24, 2.45) is 0 Å². The summed E-state index contributed by atoms with van der Waals surface area (Å²) in [7, 11) is 0. The van der Waals surface area contributed by atoms with Gasteiger partial charge in [0.05, 0.1) is 6.42 Å². The molecule has 0 aliphatic heterocycles. The first-order chi connectivity index (χ1) is 7.77. The third-order valence-corrected chi connectivity index (χ3v) is 2.40. The van der Waals surface area contributed by atoms with Crippen LogP contribution in [0, 0.1) is 0 Å². The van der Waals surface area contributed by atoms with E-state index >= 15 is 0 Å². The van der Waals surface area contributed by atoms with Gasteiger partial charge in [-0.2, -0.15) is 0 Å². The second-order valence-electron chi connectivity index (χ2n) is 4.01. The van der Waals surface area contributed by atoms with E-state index in [1.165, 1.54) is 38.5 Å². The molecule has 0 aromatic heterocycles. The smallest absolute Gasteiger partial charge is 0.307 e. The molecule has 0 amide bonds. The molecule has 0 atom stereocenters. The molecule has 0 fully saturated rings. The molecular formula is C14H24O2. The van der Waals surface area contributed by atoms with Crippen molar-refractivity contribution in [3.63, 3.8) is 0 Å². The van der Waals surface area contributed by atoms with Gasteiger partial charge in [-0.3, -0.25) is 4.79 Å². The molecule has 1 N–H and O–H groups in total. The van der Waals surface area contributed by atoms with Crippen molar-refractivity contribution < 1.29 is 9.90 Å². The van der Waals surface area contributed by atoms with Crippen LogP contribution in [0.2, 0.25) is 0 Å². The van der Waals surface area contributed by atoms with Crippen molar-refractivity contribution >= 4 is 5.97 Å². The lowest BCUT2D eigenvalue weighted by atomic mass is 10.1. The largest absolute Gasteiger partial charge is 0.481 e. The minimum Gasteiger partial charge on any atom is -0.481 e. The van der Waals surface area contributed by atoms with Crippen molar-refractivity contribution in [2.45, 2.75) is 58.3 Å². The molecule has 92 valence electrons. The van der Waals surface area contributed by atoms with Crippen molar-refractivity contribution in [2.75, 3.05) is 0 Å². The van der Waals surface area contributed by atoms with Gasteiger partial charge in [-0.05, 0) is 12.8 Å². The van der Waals surface area contributed by atoms with Gasteiger partial charge >= 0.3 is 5.97 Å². The summed E-state index contributed by atoms with van der Waals surface area (Å²) in [5.74, 6) is -0.777. The highest BCUT2D eigenvalue weighted by Crippen LogP contribution is 2.07. The zero-order chi connectivity index (χ0) is 12.1. The third kappa shape index (κ3) is 12.9. The Morgan fingerprint density at radius 3 is 2.31 bits per heavy atom. The Labute approximate surface area is 99.1 Å². The SMILES string of the molecule is CCCCCCCCC=C/C=C\CC(=O)O. The maximum Gasteiger partial charge on any atom is 0.307 e. The van der Waals surface area contributed by atoms with Gasteiger partial charge in [-0.1, -0.05) is 63.3 Å². The van der Waals surface area contributed by atoms with E-state index in [1.54, 1.807) is 6.08 Å². The normalized spacial score (nSPS) is 11.6. The molecule has 2 heteroatoms. The molecule has 0 rings (SSSR count). The number of hydrogen-bond donors (Lipinski definition) is 1. The lowest BCUT2D eigenvalue weighted by Gasteiger charge is -1.97. The maximum atomic E-state index is 10.2. The highest BCUT2D eigenvalue weighted by atomic mass is 16.4. The Morgan fingerprint density at radius 2 is 1.62 bits per heavy atom. The Bertz CT molecular complexity index is 217. The zero-order valence-corrected chi connectivity index (χ0v) is 10.3. The summed E-state index contributed by atoms with van der Waals surface area (Å²) in [5, 5.41) is 8.38. The number of carboxylic acids is 1. The van der Waals surface area contributed by atoms with Gasteiger partial charge < -0.3 is 5.11 Å². The van der Waals surface area contributed by atoms with E-state index in [2.05, 4.69) is 13.0 Å². The van der Waals surface area contributed by atoms with E-state index in [-0.39, 0.29) is 6.42 Å². The maximum absolute atomic E-state index is 10.2. The number of unbranched alkanes of at least 4 members (excludes halogenated alkanes) is 6. The molecule has 0 aromatic rings. The topological polar surface area (TPSA) is 37.3 Å². The molecule has 0 aliphatic carbocycles. The molecule has 0 saturated carbocycles. The molecule has 0 spiro atoms. The van der Waals surface area contributed by atoms with Crippen LogP contribution in [-0.2, 0) is 4.79 Å². The Morgan fingerprint density at radius 1 is 1.00 bits per heavy atom. The fraction of sp³-hybridized carbons (Fsp3) is 0.643. The van der Waals surface area contributed by atoms with E-state index in [4.69, 9.17) is 5.11 Å². The summed E-state index contributed by atoms with van der Waals surface area (Å²) >= 11 is 0. The zero-order valence-electron chi connectivity index (χ0n) is 10.3. The molecule has 2 nitrogen and oxygen atoms in total. The summed E-state index contributed by atoms with van der Waals surface area (Å²) in [6.45, 7) is 2.23. The van der Waals surface area contributed by atoms with Crippen molar-refractivity contribution in [3.05, 3.63) is 24.3 Å². The molecule has 0 bridgehead atoms. The van der Waals surface area contributed by atoms with Crippen LogP contribution in [0.1, 0.15) is 58.3 Å². The number of carbonyl (C=O) groups is 1. The monoisotopic (exact) mass is 224 g/mol. The first-order valence-corrected chi connectivity index (χ1v) is 6.30. The Kier molecular flexibility index (Phi) is 11.2. The van der Waals surface area contributed by atoms with Crippen molar-refractivity contribution in [3.8, 4) is 0 Å². The van der Waals surface area contributed by atoms with Gasteiger partial charge in [-0.25, -0.2) is 0 Å². The number of carboxylic acid groups (broad SMARTS) is 1. The summed E-state index contributed by atoms with van der Waals surface area (Å²) in [5.41, 5.74) is 0. The fourth-order valence-electron chi connectivity index (χ4n) is 1.46. The highest BCUT2D eigenvalue weighted by molar-refractivity contribution is 5.68. The summed E-state index contributed by atoms with van der Waals surface area (Å²) in [4.78, 5) is 10.2. The van der Waals surface area contributed by atoms with Crippen LogP contribution in [0.15, 0.2) is 24.3 Å². The molecule has 0 heterocycles. The lowest BCUT2D eigenvalue weighted by molar-refractivity contribution is -0.135. The molecule has 0 radical (unpaired) electrons. The second kappa shape index (κ2) is 12.0. The van der Waals surface area contributed by atoms with Crippen LogP contribution in [0.5, 0.6) is 0 Å². The molecule has 0 saturated heterocycles. The van der Waals surface area contributed by atoms with Gasteiger partial charge in [0.1, 0.15) is 0 Å². The number of rotatable bonds is 10. The summed E-state index contributed by atoms with van der Waals surface area (Å²) in [6, 6.07) is 0. The predicted molar refractivity (Wildman–Crippen MR) is 68.5 cm³/mol. The predicted octanol–water partition coefficient (Wildman–Crippen LogP) is 4.32. The molecule has 16 heavy (non-hydrogen) atoms. The van der Waals surface area contributed by atoms with E-state index < -0.39 is 5.97 Å². The van der Waals surface area contributed by atoms with Gasteiger partial charge in [0.25, 0.3) is 0 Å². The first kappa shape index (κ1) is 14.9. The number of hydrogen-bond acceptors (Lipinski definition) is 1. The van der Waals surface area contributed by atoms with E-state index in [9.17, 15) is 4.79 Å². The van der Waals surface area contributed by atoms with Gasteiger partial charge in [0, 0.05) is 0 Å². The molecule has 0 unspecified atom stereocenters. The lowest BCUT2D eigenvalue weighted by Crippen LogP contribution is -1.89. The minimum atomic E-state index is -0.777. The van der Waals surface area contributed by atoms with Crippen LogP contribution in [-0.4, -0.2) is 11.1 Å². The van der Waals surface area contributed by atoms with E-state index in [0.29, 0.717) is 0 Å². The number of allylic oxidation sites excluding steroid dienone is 3. The van der Waals surface area contributed by atoms with Crippen LogP contribution in [0.3, 0.4) is 0 Å². The average Bonchev–Trinajstić information content (AvgIpc) is 2.25. The van der Waals surface area contributed by atoms with Crippen molar-refractivity contribution in [1.82, 2.24) is 0 Å². The summed E-state index contributed by atoms with van der Waals surface area (Å²) < 4.78 is 0. The van der Waals surface area contributed by atoms with Crippen LogP contribution >= 0.6 is 0 Å². The van der Waals surface area contributed by atoms with Crippen LogP contribution < -0.4 is 0 Å². The van der Waals surface area contributed by atoms with Gasteiger partial charge in [0.2, 0.25) is 0 Å². The highest BCUT2D eigenvalue weighted by Gasteiger charge is 1.88. The van der Waals surface area contributed by atoms with Crippen molar-refractivity contribution in [1.29, 1.82) is 0 Å². The Hall–Kier alpha value is -1.05. The van der Waals surface area contributed by atoms with Gasteiger partial charge in [-0.15, -0.1) is 0 Å². The van der Waals surface area contributed by atoms with Gasteiger partial charge in [0.15, 0.2) is 0 Å². The quantitative estimate of drug-likeness (QED) is 0.443. The summed E-state index contributed by atoms with van der Waals surface area (Å²) in [6.07, 6.45) is 16.6. The minimum absolute atomic E-state index is 0.112. The standard InChI is InChI=1S/C14H24O2/c1-2-3-4-5-6-7-8-9-10-11-12-13-14(15)16/h9-12H,2-8,13H2,1H3,(H,15,16)/b10-9?,12-11-. The fourth-order valence-corrected chi connectivity index (χ4v) is 1.46.